The summed E-state index contributed by atoms with van der Waals surface area (Å²) in [5.41, 5.74) is 1.09. The van der Waals surface area contributed by atoms with E-state index in [1.54, 1.807) is 23.0 Å². The monoisotopic (exact) mass is 234 g/mol. The first-order valence-electron chi connectivity index (χ1n) is 5.64. The first-order chi connectivity index (χ1) is 8.34. The van der Waals surface area contributed by atoms with E-state index < -0.39 is 0 Å². The van der Waals surface area contributed by atoms with Crippen LogP contribution < -0.4 is 5.32 Å². The first-order valence-corrected chi connectivity index (χ1v) is 5.64. The Morgan fingerprint density at radius 2 is 2.06 bits per heavy atom. The highest BCUT2D eigenvalue weighted by Gasteiger charge is 1.94. The van der Waals surface area contributed by atoms with Gasteiger partial charge in [0.15, 0.2) is 0 Å². The van der Waals surface area contributed by atoms with Crippen molar-refractivity contribution < 1.29 is 4.39 Å². The Bertz CT molecular complexity index is 424. The number of aromatic nitrogens is 3. The molecule has 0 aliphatic carbocycles. The Balaban J connectivity index is 1.61. The molecule has 1 aromatic heterocycles. The van der Waals surface area contributed by atoms with Crippen molar-refractivity contribution in [3.63, 3.8) is 0 Å². The molecule has 0 radical (unpaired) electrons. The van der Waals surface area contributed by atoms with E-state index in [1.807, 2.05) is 6.20 Å². The summed E-state index contributed by atoms with van der Waals surface area (Å²) >= 11 is 0. The van der Waals surface area contributed by atoms with Crippen LogP contribution in [-0.4, -0.2) is 21.5 Å². The third-order valence-corrected chi connectivity index (χ3v) is 2.46. The van der Waals surface area contributed by atoms with Crippen molar-refractivity contribution in [2.45, 2.75) is 19.5 Å². The van der Waals surface area contributed by atoms with Crippen molar-refractivity contribution in [1.29, 1.82) is 0 Å². The van der Waals surface area contributed by atoms with Crippen LogP contribution in [0.3, 0.4) is 0 Å². The Labute approximate surface area is 99.5 Å². The summed E-state index contributed by atoms with van der Waals surface area (Å²) in [6, 6.07) is 6.54. The standard InChI is InChI=1S/C12H15FN4/c13-12-4-2-11(3-5-12)10-14-6-1-8-17-9-7-15-16-17/h2-5,7,9,14H,1,6,8,10H2. The SMILES string of the molecule is Fc1ccc(CNCCCn2ccnn2)cc1. The molecule has 0 aliphatic heterocycles. The highest BCUT2D eigenvalue weighted by molar-refractivity contribution is 5.15. The fraction of sp³-hybridized carbons (Fsp3) is 0.333. The highest BCUT2D eigenvalue weighted by atomic mass is 19.1. The van der Waals surface area contributed by atoms with Crippen LogP contribution >= 0.6 is 0 Å². The predicted molar refractivity (Wildman–Crippen MR) is 62.7 cm³/mol. The molecule has 0 fully saturated rings. The summed E-state index contributed by atoms with van der Waals surface area (Å²) < 4.78 is 14.5. The van der Waals surface area contributed by atoms with Crippen molar-refractivity contribution in [3.05, 3.63) is 48.0 Å². The first kappa shape index (κ1) is 11.7. The molecule has 0 bridgehead atoms. The van der Waals surface area contributed by atoms with Crippen molar-refractivity contribution in [1.82, 2.24) is 20.3 Å². The molecule has 1 N–H and O–H groups in total. The van der Waals surface area contributed by atoms with Crippen molar-refractivity contribution >= 4 is 0 Å². The lowest BCUT2D eigenvalue weighted by Crippen LogP contribution is -2.16. The summed E-state index contributed by atoms with van der Waals surface area (Å²) in [7, 11) is 0. The molecule has 0 saturated heterocycles. The minimum Gasteiger partial charge on any atom is -0.313 e. The van der Waals surface area contributed by atoms with Gasteiger partial charge in [-0.15, -0.1) is 5.10 Å². The van der Waals surface area contributed by atoms with Crippen LogP contribution in [-0.2, 0) is 13.1 Å². The van der Waals surface area contributed by atoms with Crippen LogP contribution in [0.15, 0.2) is 36.7 Å². The van der Waals surface area contributed by atoms with Gasteiger partial charge in [-0.1, -0.05) is 17.3 Å². The van der Waals surface area contributed by atoms with Gasteiger partial charge in [0.25, 0.3) is 0 Å². The van der Waals surface area contributed by atoms with Gasteiger partial charge in [0.1, 0.15) is 5.82 Å². The van der Waals surface area contributed by atoms with E-state index in [2.05, 4.69) is 15.6 Å². The molecule has 17 heavy (non-hydrogen) atoms. The van der Waals surface area contributed by atoms with E-state index >= 15 is 0 Å². The molecule has 90 valence electrons. The van der Waals surface area contributed by atoms with Gasteiger partial charge in [0, 0.05) is 19.3 Å². The number of rotatable bonds is 6. The lowest BCUT2D eigenvalue weighted by atomic mass is 10.2. The van der Waals surface area contributed by atoms with Crippen molar-refractivity contribution in [2.75, 3.05) is 6.54 Å². The fourth-order valence-electron chi connectivity index (χ4n) is 1.55. The van der Waals surface area contributed by atoms with Gasteiger partial charge in [-0.2, -0.15) is 0 Å². The topological polar surface area (TPSA) is 42.7 Å². The molecule has 0 spiro atoms. The van der Waals surface area contributed by atoms with Crippen LogP contribution in [0.2, 0.25) is 0 Å². The minimum absolute atomic E-state index is 0.195. The Morgan fingerprint density at radius 1 is 1.24 bits per heavy atom. The number of hydrogen-bond acceptors (Lipinski definition) is 3. The molecule has 2 aromatic rings. The van der Waals surface area contributed by atoms with E-state index in [9.17, 15) is 4.39 Å². The molecular weight excluding hydrogens is 219 g/mol. The molecule has 1 heterocycles. The van der Waals surface area contributed by atoms with Gasteiger partial charge in [-0.25, -0.2) is 4.39 Å². The third kappa shape index (κ3) is 3.96. The van der Waals surface area contributed by atoms with Crippen LogP contribution in [0.25, 0.3) is 0 Å². The summed E-state index contributed by atoms with van der Waals surface area (Å²) in [6.07, 6.45) is 4.51. The van der Waals surface area contributed by atoms with Gasteiger partial charge in [0.05, 0.1) is 6.20 Å². The maximum Gasteiger partial charge on any atom is 0.123 e. The summed E-state index contributed by atoms with van der Waals surface area (Å²) in [6.45, 7) is 2.52. The largest absolute Gasteiger partial charge is 0.313 e. The van der Waals surface area contributed by atoms with Gasteiger partial charge in [0.2, 0.25) is 0 Å². The second kappa shape index (κ2) is 6.10. The van der Waals surface area contributed by atoms with Gasteiger partial charge in [-0.05, 0) is 30.7 Å². The number of aryl methyl sites for hydroxylation is 1. The number of hydrogen-bond donors (Lipinski definition) is 1. The fourth-order valence-corrected chi connectivity index (χ4v) is 1.55. The smallest absolute Gasteiger partial charge is 0.123 e. The van der Waals surface area contributed by atoms with Crippen LogP contribution in [0, 0.1) is 5.82 Å². The lowest BCUT2D eigenvalue weighted by molar-refractivity contribution is 0.530. The molecule has 0 saturated carbocycles. The van der Waals surface area contributed by atoms with E-state index in [1.165, 1.54) is 12.1 Å². The Kier molecular flexibility index (Phi) is 4.21. The van der Waals surface area contributed by atoms with Gasteiger partial charge >= 0.3 is 0 Å². The number of nitrogens with one attached hydrogen (secondary N) is 1. The summed E-state index contributed by atoms with van der Waals surface area (Å²) in [5, 5.41) is 10.9. The zero-order valence-electron chi connectivity index (χ0n) is 9.51. The van der Waals surface area contributed by atoms with Crippen LogP contribution in [0.4, 0.5) is 4.39 Å². The van der Waals surface area contributed by atoms with E-state index in [-0.39, 0.29) is 5.82 Å². The van der Waals surface area contributed by atoms with Crippen LogP contribution in [0.5, 0.6) is 0 Å². The predicted octanol–water partition coefficient (Wildman–Crippen LogP) is 1.60. The molecule has 0 amide bonds. The molecule has 0 atom stereocenters. The molecular formula is C12H15FN4. The van der Waals surface area contributed by atoms with Crippen molar-refractivity contribution in [2.24, 2.45) is 0 Å². The Morgan fingerprint density at radius 3 is 2.76 bits per heavy atom. The lowest BCUT2D eigenvalue weighted by Gasteiger charge is -2.04. The highest BCUT2D eigenvalue weighted by Crippen LogP contribution is 2.01. The minimum atomic E-state index is -0.195. The van der Waals surface area contributed by atoms with E-state index in [0.29, 0.717) is 0 Å². The zero-order chi connectivity index (χ0) is 11.9. The quantitative estimate of drug-likeness (QED) is 0.772. The van der Waals surface area contributed by atoms with Crippen molar-refractivity contribution in [3.8, 4) is 0 Å². The second-order valence-corrected chi connectivity index (χ2v) is 3.82. The maximum atomic E-state index is 12.7. The van der Waals surface area contributed by atoms with Gasteiger partial charge < -0.3 is 5.32 Å². The van der Waals surface area contributed by atoms with Crippen LogP contribution in [0.1, 0.15) is 12.0 Å². The molecule has 4 nitrogen and oxygen atoms in total. The molecule has 2 rings (SSSR count). The second-order valence-electron chi connectivity index (χ2n) is 3.82. The maximum absolute atomic E-state index is 12.7. The summed E-state index contributed by atoms with van der Waals surface area (Å²) in [4.78, 5) is 0. The molecule has 0 aliphatic rings. The zero-order valence-corrected chi connectivity index (χ0v) is 9.51. The molecule has 5 heteroatoms. The third-order valence-electron chi connectivity index (χ3n) is 2.46. The van der Waals surface area contributed by atoms with E-state index in [0.717, 1.165) is 31.6 Å². The number of benzene rings is 1. The average Bonchev–Trinajstić information content (AvgIpc) is 2.84. The summed E-state index contributed by atoms with van der Waals surface area (Å²) in [5.74, 6) is -0.195. The number of nitrogens with zero attached hydrogens (tertiary/aromatic N) is 3. The molecule has 0 unspecified atom stereocenters. The van der Waals surface area contributed by atoms with E-state index in [4.69, 9.17) is 0 Å². The average molecular weight is 234 g/mol. The van der Waals surface area contributed by atoms with Gasteiger partial charge in [-0.3, -0.25) is 4.68 Å². The normalized spacial score (nSPS) is 10.6. The Hall–Kier alpha value is -1.75. The molecule has 1 aromatic carbocycles. The number of halogens is 1.